The lowest BCUT2D eigenvalue weighted by atomic mass is 10.2. The third-order valence-corrected chi connectivity index (χ3v) is 2.83. The molecule has 2 rings (SSSR count). The third-order valence-electron chi connectivity index (χ3n) is 2.83. The highest BCUT2D eigenvalue weighted by Crippen LogP contribution is 2.10. The molecule has 0 heterocycles. The Morgan fingerprint density at radius 3 is 2.40 bits per heavy atom. The summed E-state index contributed by atoms with van der Waals surface area (Å²) in [6.07, 6.45) is 0.895. The summed E-state index contributed by atoms with van der Waals surface area (Å²) in [4.78, 5) is 10.9. The normalized spacial score (nSPS) is 10.0. The highest BCUT2D eigenvalue weighted by atomic mass is 16.5. The molecule has 1 amide bonds. The summed E-state index contributed by atoms with van der Waals surface area (Å²) < 4.78 is 5.59. The molecular formula is C16H18N2O2. The van der Waals surface area contributed by atoms with Gasteiger partial charge in [0.05, 0.1) is 6.61 Å². The number of primary amides is 1. The molecule has 0 saturated heterocycles. The van der Waals surface area contributed by atoms with Crippen LogP contribution in [-0.2, 0) is 0 Å². The fourth-order valence-corrected chi connectivity index (χ4v) is 1.76. The van der Waals surface area contributed by atoms with Gasteiger partial charge in [-0.3, -0.25) is 4.79 Å². The Labute approximate surface area is 118 Å². The average Bonchev–Trinajstić information content (AvgIpc) is 2.48. The summed E-state index contributed by atoms with van der Waals surface area (Å²) in [5.41, 5.74) is 6.67. The minimum atomic E-state index is -0.409. The molecule has 0 aliphatic heterocycles. The zero-order valence-corrected chi connectivity index (χ0v) is 11.2. The number of rotatable bonds is 7. The second-order valence-electron chi connectivity index (χ2n) is 4.38. The molecule has 0 atom stereocenters. The number of nitrogens with one attached hydrogen (secondary N) is 1. The van der Waals surface area contributed by atoms with E-state index in [4.69, 9.17) is 10.5 Å². The SMILES string of the molecule is NC(=O)c1ccc(NCCCOc2ccccc2)cc1. The first kappa shape index (κ1) is 13.9. The lowest BCUT2D eigenvalue weighted by molar-refractivity contribution is 0.100. The van der Waals surface area contributed by atoms with Crippen LogP contribution in [0.25, 0.3) is 0 Å². The van der Waals surface area contributed by atoms with Gasteiger partial charge in [0.2, 0.25) is 5.91 Å². The zero-order valence-electron chi connectivity index (χ0n) is 11.2. The Hall–Kier alpha value is -2.49. The maximum Gasteiger partial charge on any atom is 0.248 e. The van der Waals surface area contributed by atoms with E-state index in [1.54, 1.807) is 12.1 Å². The first-order chi connectivity index (χ1) is 9.75. The van der Waals surface area contributed by atoms with Crippen LogP contribution in [0.1, 0.15) is 16.8 Å². The quantitative estimate of drug-likeness (QED) is 0.760. The number of hydrogen-bond donors (Lipinski definition) is 2. The number of para-hydroxylation sites is 1. The van der Waals surface area contributed by atoms with Crippen molar-refractivity contribution in [3.05, 3.63) is 60.2 Å². The molecule has 0 aliphatic carbocycles. The molecule has 20 heavy (non-hydrogen) atoms. The Bertz CT molecular complexity index is 538. The molecular weight excluding hydrogens is 252 g/mol. The van der Waals surface area contributed by atoms with Crippen LogP contribution >= 0.6 is 0 Å². The minimum Gasteiger partial charge on any atom is -0.494 e. The van der Waals surface area contributed by atoms with Crippen molar-refractivity contribution in [2.24, 2.45) is 5.73 Å². The monoisotopic (exact) mass is 270 g/mol. The Balaban J connectivity index is 1.67. The predicted octanol–water partition coefficient (Wildman–Crippen LogP) is 2.67. The average molecular weight is 270 g/mol. The van der Waals surface area contributed by atoms with Gasteiger partial charge < -0.3 is 15.8 Å². The maximum absolute atomic E-state index is 10.9. The minimum absolute atomic E-state index is 0.409. The molecule has 2 aromatic rings. The van der Waals surface area contributed by atoms with Crippen molar-refractivity contribution in [3.63, 3.8) is 0 Å². The van der Waals surface area contributed by atoms with E-state index in [1.165, 1.54) is 0 Å². The second kappa shape index (κ2) is 7.19. The van der Waals surface area contributed by atoms with Crippen molar-refractivity contribution >= 4 is 11.6 Å². The van der Waals surface area contributed by atoms with Crippen LogP contribution in [0.4, 0.5) is 5.69 Å². The second-order valence-corrected chi connectivity index (χ2v) is 4.38. The molecule has 0 unspecified atom stereocenters. The standard InChI is InChI=1S/C16H18N2O2/c17-16(19)13-7-9-14(10-8-13)18-11-4-12-20-15-5-2-1-3-6-15/h1-3,5-10,18H,4,11-12H2,(H2,17,19). The number of hydrogen-bond acceptors (Lipinski definition) is 3. The molecule has 0 aromatic heterocycles. The Morgan fingerprint density at radius 2 is 1.75 bits per heavy atom. The molecule has 0 aliphatic rings. The van der Waals surface area contributed by atoms with Crippen LogP contribution in [0, 0.1) is 0 Å². The van der Waals surface area contributed by atoms with Crippen molar-refractivity contribution in [1.29, 1.82) is 0 Å². The first-order valence-electron chi connectivity index (χ1n) is 6.57. The number of nitrogens with two attached hydrogens (primary N) is 1. The number of amides is 1. The van der Waals surface area contributed by atoms with Crippen molar-refractivity contribution in [3.8, 4) is 5.75 Å². The number of carbonyl (C=O) groups excluding carboxylic acids is 1. The highest BCUT2D eigenvalue weighted by molar-refractivity contribution is 5.93. The van der Waals surface area contributed by atoms with Crippen LogP contribution < -0.4 is 15.8 Å². The number of anilines is 1. The summed E-state index contributed by atoms with van der Waals surface area (Å²) in [5, 5.41) is 3.26. The largest absolute Gasteiger partial charge is 0.494 e. The molecule has 3 N–H and O–H groups in total. The Kier molecular flexibility index (Phi) is 5.00. The van der Waals surface area contributed by atoms with E-state index in [2.05, 4.69) is 5.32 Å². The van der Waals surface area contributed by atoms with Gasteiger partial charge in [0.15, 0.2) is 0 Å². The molecule has 4 heteroatoms. The topological polar surface area (TPSA) is 64.4 Å². The van der Waals surface area contributed by atoms with E-state index in [-0.39, 0.29) is 0 Å². The van der Waals surface area contributed by atoms with Gasteiger partial charge in [-0.1, -0.05) is 18.2 Å². The van der Waals surface area contributed by atoms with Crippen LogP contribution in [0.3, 0.4) is 0 Å². The number of ether oxygens (including phenoxy) is 1. The van der Waals surface area contributed by atoms with Gasteiger partial charge in [0, 0.05) is 17.8 Å². The van der Waals surface area contributed by atoms with E-state index in [9.17, 15) is 4.79 Å². The lowest BCUT2D eigenvalue weighted by Crippen LogP contribution is -2.11. The van der Waals surface area contributed by atoms with Crippen LogP contribution in [0.5, 0.6) is 5.75 Å². The molecule has 0 radical (unpaired) electrons. The van der Waals surface area contributed by atoms with Crippen LogP contribution in [0.15, 0.2) is 54.6 Å². The van der Waals surface area contributed by atoms with Gasteiger partial charge in [0.1, 0.15) is 5.75 Å². The highest BCUT2D eigenvalue weighted by Gasteiger charge is 1.99. The Morgan fingerprint density at radius 1 is 1.05 bits per heavy atom. The maximum atomic E-state index is 10.9. The summed E-state index contributed by atoms with van der Waals surface area (Å²) in [7, 11) is 0. The molecule has 104 valence electrons. The van der Waals surface area contributed by atoms with Gasteiger partial charge in [0.25, 0.3) is 0 Å². The summed E-state index contributed by atoms with van der Waals surface area (Å²) >= 11 is 0. The van der Waals surface area contributed by atoms with Crippen molar-refractivity contribution < 1.29 is 9.53 Å². The number of carbonyl (C=O) groups is 1. The molecule has 0 saturated carbocycles. The molecule has 4 nitrogen and oxygen atoms in total. The van der Waals surface area contributed by atoms with E-state index in [1.807, 2.05) is 42.5 Å². The predicted molar refractivity (Wildman–Crippen MR) is 80.0 cm³/mol. The van der Waals surface area contributed by atoms with Gasteiger partial charge in [-0.15, -0.1) is 0 Å². The van der Waals surface area contributed by atoms with E-state index in [0.29, 0.717) is 12.2 Å². The lowest BCUT2D eigenvalue weighted by Gasteiger charge is -2.08. The van der Waals surface area contributed by atoms with Gasteiger partial charge in [-0.2, -0.15) is 0 Å². The van der Waals surface area contributed by atoms with Crippen LogP contribution in [0.2, 0.25) is 0 Å². The summed E-state index contributed by atoms with van der Waals surface area (Å²) in [5.74, 6) is 0.478. The van der Waals surface area contributed by atoms with E-state index in [0.717, 1.165) is 24.4 Å². The fourth-order valence-electron chi connectivity index (χ4n) is 1.76. The molecule has 2 aromatic carbocycles. The van der Waals surface area contributed by atoms with Crippen molar-refractivity contribution in [2.75, 3.05) is 18.5 Å². The van der Waals surface area contributed by atoms with Crippen molar-refractivity contribution in [2.45, 2.75) is 6.42 Å². The summed E-state index contributed by atoms with van der Waals surface area (Å²) in [6.45, 7) is 1.47. The smallest absolute Gasteiger partial charge is 0.248 e. The van der Waals surface area contributed by atoms with Gasteiger partial charge >= 0.3 is 0 Å². The van der Waals surface area contributed by atoms with Gasteiger partial charge in [-0.05, 0) is 42.8 Å². The van der Waals surface area contributed by atoms with Crippen LogP contribution in [-0.4, -0.2) is 19.1 Å². The molecule has 0 fully saturated rings. The number of benzene rings is 2. The molecule has 0 bridgehead atoms. The van der Waals surface area contributed by atoms with E-state index < -0.39 is 5.91 Å². The molecule has 0 spiro atoms. The first-order valence-corrected chi connectivity index (χ1v) is 6.57. The van der Waals surface area contributed by atoms with Crippen molar-refractivity contribution in [1.82, 2.24) is 0 Å². The zero-order chi connectivity index (χ0) is 14.2. The van der Waals surface area contributed by atoms with E-state index >= 15 is 0 Å². The van der Waals surface area contributed by atoms with Gasteiger partial charge in [-0.25, -0.2) is 0 Å². The third kappa shape index (κ3) is 4.31. The fraction of sp³-hybridized carbons (Fsp3) is 0.188. The summed E-state index contributed by atoms with van der Waals surface area (Å²) in [6, 6.07) is 16.9.